The maximum absolute atomic E-state index is 12.0. The minimum Gasteiger partial charge on any atom is -0.473 e. The number of aromatic nitrogens is 1. The fraction of sp³-hybridized carbons (Fsp3) is 0.150. The monoisotopic (exact) mass is 381 g/mol. The summed E-state index contributed by atoms with van der Waals surface area (Å²) >= 11 is 1.36. The van der Waals surface area contributed by atoms with Crippen LogP contribution in [0.5, 0.6) is 5.88 Å². The SMILES string of the molecule is O=C(CCNC(=O)c1cccs1)Nc1ccc(OCc2ccccc2)nc1. The molecule has 2 aromatic heterocycles. The summed E-state index contributed by atoms with van der Waals surface area (Å²) in [5.74, 6) is 0.126. The number of hydrogen-bond acceptors (Lipinski definition) is 5. The van der Waals surface area contributed by atoms with E-state index in [1.165, 1.54) is 11.3 Å². The molecule has 3 rings (SSSR count). The van der Waals surface area contributed by atoms with Gasteiger partial charge in [-0.25, -0.2) is 4.98 Å². The third-order valence-electron chi connectivity index (χ3n) is 3.63. The molecular formula is C20H19N3O3S. The van der Waals surface area contributed by atoms with E-state index in [4.69, 9.17) is 4.74 Å². The Morgan fingerprint density at radius 2 is 1.89 bits per heavy atom. The molecule has 0 fully saturated rings. The largest absolute Gasteiger partial charge is 0.473 e. The summed E-state index contributed by atoms with van der Waals surface area (Å²) in [5.41, 5.74) is 1.64. The van der Waals surface area contributed by atoms with E-state index in [2.05, 4.69) is 15.6 Å². The van der Waals surface area contributed by atoms with Gasteiger partial charge >= 0.3 is 0 Å². The second-order valence-corrected chi connectivity index (χ2v) is 6.64. The molecule has 0 aliphatic heterocycles. The molecule has 27 heavy (non-hydrogen) atoms. The van der Waals surface area contributed by atoms with Crippen LogP contribution in [-0.2, 0) is 11.4 Å². The number of rotatable bonds is 8. The van der Waals surface area contributed by atoms with Crippen molar-refractivity contribution in [3.05, 3.63) is 76.6 Å². The lowest BCUT2D eigenvalue weighted by atomic mass is 10.2. The van der Waals surface area contributed by atoms with Crippen molar-refractivity contribution >= 4 is 28.8 Å². The van der Waals surface area contributed by atoms with Crippen LogP contribution in [0, 0.1) is 0 Å². The van der Waals surface area contributed by atoms with Crippen LogP contribution >= 0.6 is 11.3 Å². The van der Waals surface area contributed by atoms with E-state index in [9.17, 15) is 9.59 Å². The molecule has 0 radical (unpaired) electrons. The first-order valence-corrected chi connectivity index (χ1v) is 9.33. The molecular weight excluding hydrogens is 362 g/mol. The molecule has 6 nitrogen and oxygen atoms in total. The number of hydrogen-bond donors (Lipinski definition) is 2. The highest BCUT2D eigenvalue weighted by molar-refractivity contribution is 7.12. The lowest BCUT2D eigenvalue weighted by Crippen LogP contribution is -2.27. The molecule has 138 valence electrons. The van der Waals surface area contributed by atoms with Crippen LogP contribution in [0.1, 0.15) is 21.7 Å². The Morgan fingerprint density at radius 1 is 1.04 bits per heavy atom. The van der Waals surface area contributed by atoms with Crippen LogP contribution in [0.2, 0.25) is 0 Å². The van der Waals surface area contributed by atoms with E-state index in [1.54, 1.807) is 24.4 Å². The lowest BCUT2D eigenvalue weighted by Gasteiger charge is -2.08. The molecule has 0 atom stereocenters. The minimum absolute atomic E-state index is 0.167. The van der Waals surface area contributed by atoms with E-state index in [1.807, 2.05) is 41.8 Å². The minimum atomic E-state index is -0.193. The summed E-state index contributed by atoms with van der Waals surface area (Å²) in [4.78, 5) is 28.6. The number of pyridine rings is 1. The Balaban J connectivity index is 1.39. The highest BCUT2D eigenvalue weighted by Crippen LogP contribution is 2.13. The van der Waals surface area contributed by atoms with Gasteiger partial charge < -0.3 is 15.4 Å². The van der Waals surface area contributed by atoms with Crippen molar-refractivity contribution in [3.63, 3.8) is 0 Å². The first kappa shape index (κ1) is 18.6. The molecule has 7 heteroatoms. The van der Waals surface area contributed by atoms with Gasteiger partial charge in [0.05, 0.1) is 16.8 Å². The predicted molar refractivity (Wildman–Crippen MR) is 105 cm³/mol. The van der Waals surface area contributed by atoms with Crippen LogP contribution in [0.15, 0.2) is 66.2 Å². The molecule has 1 aromatic carbocycles. The van der Waals surface area contributed by atoms with Gasteiger partial charge in [-0.3, -0.25) is 9.59 Å². The molecule has 2 amide bonds. The molecule has 2 N–H and O–H groups in total. The van der Waals surface area contributed by atoms with E-state index in [-0.39, 0.29) is 24.8 Å². The maximum Gasteiger partial charge on any atom is 0.261 e. The zero-order chi connectivity index (χ0) is 18.9. The normalized spacial score (nSPS) is 10.2. The van der Waals surface area contributed by atoms with Crippen molar-refractivity contribution in [1.82, 2.24) is 10.3 Å². The van der Waals surface area contributed by atoms with Gasteiger partial charge in [0.1, 0.15) is 6.61 Å². The predicted octanol–water partition coefficient (Wildman–Crippen LogP) is 3.48. The molecule has 0 saturated heterocycles. The van der Waals surface area contributed by atoms with E-state index >= 15 is 0 Å². The molecule has 0 aliphatic rings. The fourth-order valence-corrected chi connectivity index (χ4v) is 2.92. The fourth-order valence-electron chi connectivity index (χ4n) is 2.28. The number of anilines is 1. The lowest BCUT2D eigenvalue weighted by molar-refractivity contribution is -0.116. The van der Waals surface area contributed by atoms with E-state index < -0.39 is 0 Å². The average Bonchev–Trinajstić information content (AvgIpc) is 3.23. The Morgan fingerprint density at radius 3 is 2.59 bits per heavy atom. The van der Waals surface area contributed by atoms with Crippen LogP contribution in [0.25, 0.3) is 0 Å². The Kier molecular flexibility index (Phi) is 6.54. The quantitative estimate of drug-likeness (QED) is 0.626. The summed E-state index contributed by atoms with van der Waals surface area (Å²) in [6.07, 6.45) is 1.73. The molecule has 2 heterocycles. The highest BCUT2D eigenvalue weighted by atomic mass is 32.1. The van der Waals surface area contributed by atoms with Gasteiger partial charge in [-0.2, -0.15) is 0 Å². The van der Waals surface area contributed by atoms with Gasteiger partial charge in [-0.1, -0.05) is 36.4 Å². The van der Waals surface area contributed by atoms with Crippen molar-refractivity contribution in [2.24, 2.45) is 0 Å². The van der Waals surface area contributed by atoms with Gasteiger partial charge in [0.25, 0.3) is 5.91 Å². The van der Waals surface area contributed by atoms with Crippen molar-refractivity contribution in [2.75, 3.05) is 11.9 Å². The maximum atomic E-state index is 12.0. The van der Waals surface area contributed by atoms with E-state index in [0.29, 0.717) is 23.1 Å². The van der Waals surface area contributed by atoms with Gasteiger partial charge in [0.15, 0.2) is 0 Å². The highest BCUT2D eigenvalue weighted by Gasteiger charge is 2.08. The zero-order valence-electron chi connectivity index (χ0n) is 14.6. The Labute approximate surface area is 161 Å². The van der Waals surface area contributed by atoms with Gasteiger partial charge in [-0.05, 0) is 23.1 Å². The summed E-state index contributed by atoms with van der Waals surface area (Å²) < 4.78 is 5.61. The third kappa shape index (κ3) is 5.93. The van der Waals surface area contributed by atoms with Crippen molar-refractivity contribution in [1.29, 1.82) is 0 Å². The number of nitrogens with zero attached hydrogens (tertiary/aromatic N) is 1. The number of thiophene rings is 1. The van der Waals surface area contributed by atoms with Crippen molar-refractivity contribution in [3.8, 4) is 5.88 Å². The topological polar surface area (TPSA) is 80.3 Å². The molecule has 0 aliphatic carbocycles. The van der Waals surface area contributed by atoms with Gasteiger partial charge in [0, 0.05) is 19.0 Å². The number of benzene rings is 1. The van der Waals surface area contributed by atoms with Crippen LogP contribution in [0.3, 0.4) is 0 Å². The third-order valence-corrected chi connectivity index (χ3v) is 4.50. The Bertz CT molecular complexity index is 865. The standard InChI is InChI=1S/C20H19N3O3S/c24-18(10-11-21-20(25)17-7-4-12-27-17)23-16-8-9-19(22-13-16)26-14-15-5-2-1-3-6-15/h1-9,12-13H,10-11,14H2,(H,21,25)(H,23,24). The first-order valence-electron chi connectivity index (χ1n) is 8.45. The number of carbonyl (C=O) groups excluding carboxylic acids is 2. The average molecular weight is 381 g/mol. The van der Waals surface area contributed by atoms with Crippen molar-refractivity contribution < 1.29 is 14.3 Å². The number of nitrogens with one attached hydrogen (secondary N) is 2. The second kappa shape index (κ2) is 9.49. The first-order chi connectivity index (χ1) is 13.2. The zero-order valence-corrected chi connectivity index (χ0v) is 15.4. The molecule has 0 bridgehead atoms. The van der Waals surface area contributed by atoms with Crippen LogP contribution in [-0.4, -0.2) is 23.3 Å². The molecule has 0 saturated carbocycles. The molecule has 0 spiro atoms. The summed E-state index contributed by atoms with van der Waals surface area (Å²) in [6.45, 7) is 0.706. The summed E-state index contributed by atoms with van der Waals surface area (Å²) in [5, 5.41) is 7.30. The number of amides is 2. The van der Waals surface area contributed by atoms with Crippen LogP contribution < -0.4 is 15.4 Å². The second-order valence-electron chi connectivity index (χ2n) is 5.69. The number of carbonyl (C=O) groups is 2. The van der Waals surface area contributed by atoms with Gasteiger partial charge in [-0.15, -0.1) is 11.3 Å². The van der Waals surface area contributed by atoms with Crippen molar-refractivity contribution in [2.45, 2.75) is 13.0 Å². The number of ether oxygens (including phenoxy) is 1. The summed E-state index contributed by atoms with van der Waals surface area (Å²) in [6, 6.07) is 16.8. The Hall–Kier alpha value is -3.19. The van der Waals surface area contributed by atoms with Crippen LogP contribution in [0.4, 0.5) is 5.69 Å². The van der Waals surface area contributed by atoms with E-state index in [0.717, 1.165) is 5.56 Å². The smallest absolute Gasteiger partial charge is 0.261 e. The summed E-state index contributed by atoms with van der Waals surface area (Å²) in [7, 11) is 0. The molecule has 3 aromatic rings. The molecule has 0 unspecified atom stereocenters. The van der Waals surface area contributed by atoms with Gasteiger partial charge in [0.2, 0.25) is 11.8 Å².